The first-order valence-corrected chi connectivity index (χ1v) is 8.86. The van der Waals surface area contributed by atoms with Crippen molar-refractivity contribution in [1.82, 2.24) is 4.98 Å². The number of amides is 1. The third kappa shape index (κ3) is 3.95. The number of nitrogen functional groups attached to an aromatic ring is 1. The molecule has 1 aromatic heterocycles. The van der Waals surface area contributed by atoms with Crippen molar-refractivity contribution < 1.29 is 19.0 Å². The van der Waals surface area contributed by atoms with Crippen molar-refractivity contribution in [2.24, 2.45) is 0 Å². The van der Waals surface area contributed by atoms with Gasteiger partial charge in [0.1, 0.15) is 0 Å². The van der Waals surface area contributed by atoms with Crippen molar-refractivity contribution in [3.8, 4) is 28.5 Å². The molecule has 0 saturated carbocycles. The van der Waals surface area contributed by atoms with Crippen LogP contribution in [-0.4, -0.2) is 32.2 Å². The Morgan fingerprint density at radius 3 is 2.37 bits per heavy atom. The maximum Gasteiger partial charge on any atom is 0.257 e. The zero-order valence-corrected chi connectivity index (χ0v) is 15.9. The quantitative estimate of drug-likeness (QED) is 0.629. The zero-order valence-electron chi connectivity index (χ0n) is 15.1. The van der Waals surface area contributed by atoms with Crippen LogP contribution in [0.25, 0.3) is 11.3 Å². The largest absolute Gasteiger partial charge is 0.493 e. The highest BCUT2D eigenvalue weighted by molar-refractivity contribution is 7.14. The Balaban J connectivity index is 1.84. The van der Waals surface area contributed by atoms with E-state index in [1.165, 1.54) is 32.7 Å². The summed E-state index contributed by atoms with van der Waals surface area (Å²) in [6, 6.07) is 10.6. The second-order valence-corrected chi connectivity index (χ2v) is 6.39. The molecule has 140 valence electrons. The van der Waals surface area contributed by atoms with E-state index in [9.17, 15) is 4.79 Å². The molecule has 27 heavy (non-hydrogen) atoms. The molecule has 1 heterocycles. The van der Waals surface area contributed by atoms with E-state index < -0.39 is 0 Å². The molecule has 0 aliphatic rings. The maximum atomic E-state index is 12.6. The highest BCUT2D eigenvalue weighted by atomic mass is 32.1. The molecule has 7 nitrogen and oxygen atoms in total. The van der Waals surface area contributed by atoms with Crippen LogP contribution in [0.15, 0.2) is 41.8 Å². The van der Waals surface area contributed by atoms with Gasteiger partial charge in [-0.2, -0.15) is 0 Å². The van der Waals surface area contributed by atoms with Crippen LogP contribution in [0.5, 0.6) is 17.2 Å². The molecule has 2 aromatic carbocycles. The van der Waals surface area contributed by atoms with Crippen LogP contribution in [-0.2, 0) is 0 Å². The predicted molar refractivity (Wildman–Crippen MR) is 106 cm³/mol. The lowest BCUT2D eigenvalue weighted by Gasteiger charge is -2.13. The number of ether oxygens (including phenoxy) is 3. The number of benzene rings is 2. The van der Waals surface area contributed by atoms with Crippen LogP contribution in [0, 0.1) is 0 Å². The average molecular weight is 385 g/mol. The molecule has 1 amide bonds. The number of hydrogen-bond acceptors (Lipinski definition) is 7. The van der Waals surface area contributed by atoms with Crippen LogP contribution >= 0.6 is 11.3 Å². The van der Waals surface area contributed by atoms with E-state index in [0.29, 0.717) is 33.6 Å². The van der Waals surface area contributed by atoms with E-state index in [0.717, 1.165) is 11.3 Å². The van der Waals surface area contributed by atoms with Crippen LogP contribution < -0.4 is 25.3 Å². The zero-order chi connectivity index (χ0) is 19.4. The highest BCUT2D eigenvalue weighted by Gasteiger charge is 2.18. The van der Waals surface area contributed by atoms with Gasteiger partial charge in [-0.15, -0.1) is 11.3 Å². The van der Waals surface area contributed by atoms with Gasteiger partial charge in [-0.25, -0.2) is 4.98 Å². The number of nitrogens with zero attached hydrogens (tertiary/aromatic N) is 1. The van der Waals surface area contributed by atoms with Gasteiger partial charge in [0.2, 0.25) is 5.75 Å². The van der Waals surface area contributed by atoms with Crippen molar-refractivity contribution in [3.05, 3.63) is 47.3 Å². The molecular weight excluding hydrogens is 366 g/mol. The Kier molecular flexibility index (Phi) is 5.46. The van der Waals surface area contributed by atoms with Gasteiger partial charge in [-0.3, -0.25) is 10.1 Å². The topological polar surface area (TPSA) is 95.7 Å². The van der Waals surface area contributed by atoms with E-state index in [2.05, 4.69) is 10.3 Å². The van der Waals surface area contributed by atoms with Gasteiger partial charge >= 0.3 is 0 Å². The number of rotatable bonds is 6. The second kappa shape index (κ2) is 7.96. The summed E-state index contributed by atoms with van der Waals surface area (Å²) < 4.78 is 15.8. The first-order valence-electron chi connectivity index (χ1n) is 7.98. The first-order chi connectivity index (χ1) is 13.0. The Morgan fingerprint density at radius 1 is 1.07 bits per heavy atom. The molecule has 0 atom stereocenters. The van der Waals surface area contributed by atoms with Crippen LogP contribution in [0.4, 0.5) is 10.8 Å². The average Bonchev–Trinajstić information content (AvgIpc) is 3.15. The second-order valence-electron chi connectivity index (χ2n) is 5.53. The van der Waals surface area contributed by atoms with Crippen LogP contribution in [0.1, 0.15) is 10.4 Å². The molecule has 0 spiro atoms. The Morgan fingerprint density at radius 2 is 1.78 bits per heavy atom. The van der Waals surface area contributed by atoms with E-state index in [4.69, 9.17) is 19.9 Å². The number of carbonyl (C=O) groups is 1. The molecule has 3 rings (SSSR count). The minimum atomic E-state index is -0.331. The number of carbonyl (C=O) groups excluding carboxylic acids is 1. The van der Waals surface area contributed by atoms with Gasteiger partial charge in [-0.1, -0.05) is 12.1 Å². The number of aromatic nitrogens is 1. The summed E-state index contributed by atoms with van der Waals surface area (Å²) in [4.78, 5) is 17.1. The van der Waals surface area contributed by atoms with Crippen molar-refractivity contribution in [2.45, 2.75) is 0 Å². The monoisotopic (exact) mass is 385 g/mol. The van der Waals surface area contributed by atoms with E-state index in [1.54, 1.807) is 12.1 Å². The fourth-order valence-corrected chi connectivity index (χ4v) is 3.26. The number of anilines is 2. The Hall–Kier alpha value is -3.26. The third-order valence-electron chi connectivity index (χ3n) is 3.83. The molecule has 0 unspecified atom stereocenters. The summed E-state index contributed by atoms with van der Waals surface area (Å²) in [5, 5.41) is 5.13. The van der Waals surface area contributed by atoms with E-state index in [-0.39, 0.29) is 5.91 Å². The molecule has 0 saturated heterocycles. The molecular formula is C19H19N3O4S. The summed E-state index contributed by atoms with van der Waals surface area (Å²) in [6.07, 6.45) is 0. The lowest BCUT2D eigenvalue weighted by molar-refractivity contribution is 0.102. The Bertz CT molecular complexity index is 946. The number of nitrogens with one attached hydrogen (secondary N) is 1. The van der Waals surface area contributed by atoms with Crippen molar-refractivity contribution in [3.63, 3.8) is 0 Å². The summed E-state index contributed by atoms with van der Waals surface area (Å²) in [5.74, 6) is 0.903. The van der Waals surface area contributed by atoms with Crippen molar-refractivity contribution >= 4 is 28.1 Å². The van der Waals surface area contributed by atoms with Gasteiger partial charge < -0.3 is 19.9 Å². The summed E-state index contributed by atoms with van der Waals surface area (Å²) in [5.41, 5.74) is 8.46. The molecule has 3 aromatic rings. The fourth-order valence-electron chi connectivity index (χ4n) is 2.54. The lowest BCUT2D eigenvalue weighted by Crippen LogP contribution is -2.12. The predicted octanol–water partition coefficient (Wildman–Crippen LogP) is 3.67. The van der Waals surface area contributed by atoms with Crippen molar-refractivity contribution in [1.29, 1.82) is 0 Å². The van der Waals surface area contributed by atoms with Gasteiger partial charge in [0, 0.05) is 22.2 Å². The highest BCUT2D eigenvalue weighted by Crippen LogP contribution is 2.38. The molecule has 0 bridgehead atoms. The fraction of sp³-hybridized carbons (Fsp3) is 0.158. The summed E-state index contributed by atoms with van der Waals surface area (Å²) >= 11 is 1.33. The summed E-state index contributed by atoms with van der Waals surface area (Å²) in [7, 11) is 4.50. The maximum absolute atomic E-state index is 12.6. The molecule has 3 N–H and O–H groups in total. The summed E-state index contributed by atoms with van der Waals surface area (Å²) in [6.45, 7) is 0. The van der Waals surface area contributed by atoms with Gasteiger partial charge in [0.15, 0.2) is 16.6 Å². The first kappa shape index (κ1) is 18.5. The van der Waals surface area contributed by atoms with E-state index in [1.807, 2.05) is 29.6 Å². The standard InChI is InChI=1S/C19H19N3O4S/c1-24-15-8-12(9-16(25-2)17(15)26-3)18(23)22-19-21-14(10-27-19)11-5-4-6-13(20)7-11/h4-10H,20H2,1-3H3,(H,21,22,23). The van der Waals surface area contributed by atoms with Gasteiger partial charge in [0.05, 0.1) is 27.0 Å². The molecule has 0 fully saturated rings. The van der Waals surface area contributed by atoms with Crippen molar-refractivity contribution in [2.75, 3.05) is 32.4 Å². The van der Waals surface area contributed by atoms with Gasteiger partial charge in [0.25, 0.3) is 5.91 Å². The minimum absolute atomic E-state index is 0.331. The molecule has 0 radical (unpaired) electrons. The normalized spacial score (nSPS) is 10.3. The third-order valence-corrected chi connectivity index (χ3v) is 4.59. The number of hydrogen-bond donors (Lipinski definition) is 2. The number of thiazole rings is 1. The number of nitrogens with two attached hydrogens (primary N) is 1. The minimum Gasteiger partial charge on any atom is -0.493 e. The molecule has 0 aliphatic heterocycles. The van der Waals surface area contributed by atoms with Gasteiger partial charge in [-0.05, 0) is 24.3 Å². The number of methoxy groups -OCH3 is 3. The SMILES string of the molecule is COc1cc(C(=O)Nc2nc(-c3cccc(N)c3)cs2)cc(OC)c1OC. The molecule has 0 aliphatic carbocycles. The lowest BCUT2D eigenvalue weighted by atomic mass is 10.1. The van der Waals surface area contributed by atoms with Crippen LogP contribution in [0.3, 0.4) is 0 Å². The van der Waals surface area contributed by atoms with Crippen LogP contribution in [0.2, 0.25) is 0 Å². The van der Waals surface area contributed by atoms with E-state index >= 15 is 0 Å². The Labute approximate surface area is 160 Å². The smallest absolute Gasteiger partial charge is 0.257 e. The molecule has 8 heteroatoms.